The number of rotatable bonds is 9. The largest absolute Gasteiger partial charge is 0.486 e. The van der Waals surface area contributed by atoms with E-state index >= 15 is 0 Å². The molecule has 5 aliphatic rings. The number of aromatic nitrogens is 3. The third-order valence-electron chi connectivity index (χ3n) is 10.3. The maximum atomic E-state index is 13.5. The maximum absolute atomic E-state index is 13.5. The van der Waals surface area contributed by atoms with Crippen molar-refractivity contribution in [3.63, 3.8) is 0 Å². The van der Waals surface area contributed by atoms with Gasteiger partial charge in [0.15, 0.2) is 0 Å². The highest BCUT2D eigenvalue weighted by Crippen LogP contribution is 2.65. The molecule has 3 aliphatic carbocycles. The second-order valence-electron chi connectivity index (χ2n) is 14.8. The Morgan fingerprint density at radius 2 is 1.93 bits per heavy atom. The van der Waals surface area contributed by atoms with Crippen LogP contribution in [0.25, 0.3) is 0 Å². The first-order chi connectivity index (χ1) is 20.7. The molecule has 3 saturated carbocycles. The number of hydrogen-bond acceptors (Lipinski definition) is 9. The van der Waals surface area contributed by atoms with Crippen molar-refractivity contribution in [1.29, 1.82) is 0 Å². The van der Waals surface area contributed by atoms with Crippen molar-refractivity contribution in [2.45, 2.75) is 111 Å². The Morgan fingerprint density at radius 1 is 1.18 bits per heavy atom. The minimum absolute atomic E-state index is 0.0317. The fourth-order valence-corrected chi connectivity index (χ4v) is 7.65. The van der Waals surface area contributed by atoms with Gasteiger partial charge in [-0.2, -0.15) is 0 Å². The Balaban J connectivity index is 1.11. The third kappa shape index (κ3) is 5.65. The van der Waals surface area contributed by atoms with E-state index in [4.69, 9.17) is 23.9 Å². The molecule has 5 fully saturated rings. The summed E-state index contributed by atoms with van der Waals surface area (Å²) in [5.74, 6) is 1.12. The average molecular weight is 609 g/mol. The first-order valence-electron chi connectivity index (χ1n) is 15.8. The van der Waals surface area contributed by atoms with Crippen LogP contribution in [0.1, 0.15) is 81.6 Å². The normalized spacial score (nSPS) is 27.4. The molecule has 2 bridgehead atoms. The zero-order valence-electron chi connectivity index (χ0n) is 27.0. The van der Waals surface area contributed by atoms with Crippen molar-refractivity contribution in [3.05, 3.63) is 40.7 Å². The highest BCUT2D eigenvalue weighted by Gasteiger charge is 2.67. The Morgan fingerprint density at radius 3 is 2.59 bits per heavy atom. The quantitative estimate of drug-likeness (QED) is 0.336. The Kier molecular flexibility index (Phi) is 7.86. The lowest BCUT2D eigenvalue weighted by Gasteiger charge is -2.64. The molecule has 1 aromatic heterocycles. The van der Waals surface area contributed by atoms with E-state index in [1.807, 2.05) is 39.8 Å². The molecule has 4 atom stereocenters. The summed E-state index contributed by atoms with van der Waals surface area (Å²) in [6.45, 7) is 15.0. The first-order valence-corrected chi connectivity index (χ1v) is 15.8. The van der Waals surface area contributed by atoms with Gasteiger partial charge < -0.3 is 28.8 Å². The van der Waals surface area contributed by atoms with Crippen molar-refractivity contribution in [2.24, 2.45) is 17.3 Å². The minimum atomic E-state index is -0.667. The van der Waals surface area contributed by atoms with Crippen LogP contribution in [0.3, 0.4) is 0 Å². The summed E-state index contributed by atoms with van der Waals surface area (Å²) in [6, 6.07) is 3.85. The second kappa shape index (κ2) is 11.1. The van der Waals surface area contributed by atoms with Gasteiger partial charge in [-0.3, -0.25) is 4.79 Å². The number of carbonyl (C=O) groups excluding carboxylic acids is 2. The van der Waals surface area contributed by atoms with E-state index in [0.29, 0.717) is 60.1 Å². The number of hydrogen-bond donors (Lipinski definition) is 1. The molecular formula is C32H45BN4O7. The van der Waals surface area contributed by atoms with E-state index in [9.17, 15) is 9.59 Å². The van der Waals surface area contributed by atoms with Crippen LogP contribution in [-0.2, 0) is 38.4 Å². The topological polar surface area (TPSA) is 125 Å². The van der Waals surface area contributed by atoms with Crippen molar-refractivity contribution in [3.8, 4) is 5.75 Å². The van der Waals surface area contributed by atoms with Crippen LogP contribution in [0.5, 0.6) is 5.75 Å². The van der Waals surface area contributed by atoms with Gasteiger partial charge in [0.05, 0.1) is 37.6 Å². The molecule has 11 nitrogen and oxygen atoms in total. The number of carbonyl (C=O) groups is 2. The number of aliphatic hydroxyl groups is 1. The highest BCUT2D eigenvalue weighted by molar-refractivity contribution is 6.45. The average Bonchev–Trinajstić information content (AvgIpc) is 3.51. The van der Waals surface area contributed by atoms with Crippen LogP contribution in [0, 0.1) is 24.2 Å². The van der Waals surface area contributed by atoms with Crippen LogP contribution >= 0.6 is 0 Å². The Hall–Kier alpha value is -2.96. The van der Waals surface area contributed by atoms with E-state index in [0.717, 1.165) is 17.5 Å². The zero-order chi connectivity index (χ0) is 31.6. The summed E-state index contributed by atoms with van der Waals surface area (Å²) in [5, 5.41) is 16.8. The predicted octanol–water partition coefficient (Wildman–Crippen LogP) is 3.59. The molecule has 0 unspecified atom stereocenters. The smallest absolute Gasteiger partial charge is 0.457 e. The lowest BCUT2D eigenvalue weighted by atomic mass is 9.43. The number of ether oxygens (including phenoxy) is 2. The summed E-state index contributed by atoms with van der Waals surface area (Å²) in [5.41, 5.74) is 2.05. The van der Waals surface area contributed by atoms with Crippen LogP contribution in [0.2, 0.25) is 6.32 Å². The fraction of sp³-hybridized carbons (Fsp3) is 0.688. The van der Waals surface area contributed by atoms with Crippen LogP contribution < -0.4 is 4.74 Å². The number of aryl methyl sites for hydroxylation is 1. The van der Waals surface area contributed by atoms with E-state index in [1.165, 1.54) is 11.1 Å². The number of benzene rings is 1. The number of likely N-dealkylation sites (tertiary alicyclic amines) is 1. The van der Waals surface area contributed by atoms with Crippen LogP contribution in [0.4, 0.5) is 0 Å². The van der Waals surface area contributed by atoms with Gasteiger partial charge in [-0.1, -0.05) is 25.1 Å². The number of aliphatic hydroxyl groups excluding tert-OH is 1. The monoisotopic (exact) mass is 608 g/mol. The van der Waals surface area contributed by atoms with Gasteiger partial charge in [0.1, 0.15) is 35.3 Å². The molecular weight excluding hydrogens is 563 g/mol. The van der Waals surface area contributed by atoms with Crippen molar-refractivity contribution < 1.29 is 33.5 Å². The van der Waals surface area contributed by atoms with Gasteiger partial charge >= 0.3 is 13.1 Å². The Bertz CT molecular complexity index is 1430. The molecule has 238 valence electrons. The summed E-state index contributed by atoms with van der Waals surface area (Å²) in [6.07, 6.45) is 5.10. The van der Waals surface area contributed by atoms with Gasteiger partial charge in [0.2, 0.25) is 5.91 Å². The molecule has 2 aliphatic heterocycles. The van der Waals surface area contributed by atoms with E-state index in [1.54, 1.807) is 11.1 Å². The van der Waals surface area contributed by atoms with Crippen LogP contribution in [0.15, 0.2) is 18.3 Å². The molecule has 1 aromatic carbocycles. The second-order valence-corrected chi connectivity index (χ2v) is 14.8. The minimum Gasteiger partial charge on any atom is -0.486 e. The molecule has 7 rings (SSSR count). The molecule has 0 radical (unpaired) electrons. The van der Waals surface area contributed by atoms with Crippen LogP contribution in [-0.4, -0.2) is 80.5 Å². The lowest BCUT2D eigenvalue weighted by Crippen LogP contribution is -2.65. The number of nitrogens with zero attached hydrogens (tertiary/aromatic N) is 4. The third-order valence-corrected chi connectivity index (χ3v) is 10.3. The fourth-order valence-electron chi connectivity index (χ4n) is 7.65. The van der Waals surface area contributed by atoms with Gasteiger partial charge in [-0.15, -0.1) is 5.10 Å². The molecule has 3 heterocycles. The molecule has 12 heteroatoms. The summed E-state index contributed by atoms with van der Waals surface area (Å²) >= 11 is 0. The maximum Gasteiger partial charge on any atom is 0.457 e. The van der Waals surface area contributed by atoms with Gasteiger partial charge in [-0.25, -0.2) is 9.48 Å². The number of amides is 1. The summed E-state index contributed by atoms with van der Waals surface area (Å²) in [7, 11) is -0.272. The van der Waals surface area contributed by atoms with Gasteiger partial charge in [-0.05, 0) is 94.6 Å². The SMILES string of the molecule is Cc1c(CCB2O[C@@H]3C[C@@H]4C[C@@H](C4(C)C)[C@]3(C)O2)ccc(OC2CN(C(=O)Cn3cc(CO)nn3)C2)c1C(=O)OC(C)(C)C. The molecule has 44 heavy (non-hydrogen) atoms. The van der Waals surface area contributed by atoms with E-state index < -0.39 is 11.6 Å². The molecule has 1 amide bonds. The molecule has 2 aromatic rings. The van der Waals surface area contributed by atoms with Crippen molar-refractivity contribution >= 4 is 19.0 Å². The Labute approximate surface area is 259 Å². The predicted molar refractivity (Wildman–Crippen MR) is 162 cm³/mol. The summed E-state index contributed by atoms with van der Waals surface area (Å²) < 4.78 is 26.6. The van der Waals surface area contributed by atoms with Crippen molar-refractivity contribution in [1.82, 2.24) is 19.9 Å². The van der Waals surface area contributed by atoms with Gasteiger partial charge in [0.25, 0.3) is 0 Å². The lowest BCUT2D eigenvalue weighted by molar-refractivity contribution is -0.199. The van der Waals surface area contributed by atoms with Crippen molar-refractivity contribution in [2.75, 3.05) is 13.1 Å². The molecule has 2 saturated heterocycles. The van der Waals surface area contributed by atoms with E-state index in [-0.39, 0.29) is 44.0 Å². The highest BCUT2D eigenvalue weighted by atomic mass is 16.7. The summed E-state index contributed by atoms with van der Waals surface area (Å²) in [4.78, 5) is 27.8. The van der Waals surface area contributed by atoms with E-state index in [2.05, 4.69) is 31.1 Å². The number of esters is 1. The molecule has 0 spiro atoms. The first kappa shape index (κ1) is 31.0. The standard InChI is InChI=1S/C32H45BN4O7/c1-19-20(10-11-33-43-26-13-21-12-25(31(21,5)6)32(26,7)44-33)8-9-24(28(19)29(40)42-30(2,3)4)41-23-15-36(16-23)27(39)17-37-14-22(18-38)34-35-37/h8-9,14,21,23,25-26,38H,10-13,15-18H2,1-7H3/t21-,25-,26+,32-/m0/s1. The zero-order valence-corrected chi connectivity index (χ0v) is 27.0. The van der Waals surface area contributed by atoms with Gasteiger partial charge in [0, 0.05) is 0 Å². The molecule has 1 N–H and O–H groups in total.